The zero-order valence-electron chi connectivity index (χ0n) is 14.4. The van der Waals surface area contributed by atoms with E-state index in [0.717, 1.165) is 42.1 Å². The zero-order chi connectivity index (χ0) is 17.3. The maximum Gasteiger partial charge on any atom is 0.254 e. The van der Waals surface area contributed by atoms with Crippen molar-refractivity contribution in [2.75, 3.05) is 18.8 Å². The number of rotatable bonds is 4. The van der Waals surface area contributed by atoms with Gasteiger partial charge in [0.05, 0.1) is 23.2 Å². The van der Waals surface area contributed by atoms with Crippen molar-refractivity contribution in [2.45, 2.75) is 30.8 Å². The molecular weight excluding hydrogens is 332 g/mol. The standard InChI is InChI=1S/C20H22N2O2S/c1-15-6-2-3-8-18(15)19(23)22-13-20(14-22)10-17(12-25-20)24-11-16-7-4-5-9-21-16/h2-9,17H,10-14H2,1H3/t17-/m1/s1. The number of hydrogen-bond donors (Lipinski definition) is 0. The Balaban J connectivity index is 1.30. The maximum atomic E-state index is 12.7. The minimum atomic E-state index is 0.155. The normalized spacial score (nSPS) is 21.3. The number of carbonyl (C=O) groups is 1. The van der Waals surface area contributed by atoms with Crippen LogP contribution in [-0.2, 0) is 11.3 Å². The van der Waals surface area contributed by atoms with E-state index < -0.39 is 0 Å². The molecule has 1 aromatic heterocycles. The zero-order valence-corrected chi connectivity index (χ0v) is 15.2. The molecule has 2 aromatic rings. The first-order chi connectivity index (χ1) is 12.2. The van der Waals surface area contributed by atoms with Gasteiger partial charge in [0, 0.05) is 30.6 Å². The molecule has 2 fully saturated rings. The summed E-state index contributed by atoms with van der Waals surface area (Å²) in [7, 11) is 0. The third kappa shape index (κ3) is 3.44. The van der Waals surface area contributed by atoms with Crippen LogP contribution in [0.3, 0.4) is 0 Å². The Labute approximate surface area is 152 Å². The van der Waals surface area contributed by atoms with E-state index >= 15 is 0 Å². The van der Waals surface area contributed by atoms with Crippen LogP contribution in [0.15, 0.2) is 48.7 Å². The third-order valence-corrected chi connectivity index (χ3v) is 6.56. The number of carbonyl (C=O) groups excluding carboxylic acids is 1. The lowest BCUT2D eigenvalue weighted by atomic mass is 9.91. The third-order valence-electron chi connectivity index (χ3n) is 4.99. The van der Waals surface area contributed by atoms with E-state index in [0.29, 0.717) is 6.61 Å². The molecule has 4 nitrogen and oxygen atoms in total. The Kier molecular flexibility index (Phi) is 4.52. The smallest absolute Gasteiger partial charge is 0.254 e. The minimum absolute atomic E-state index is 0.155. The summed E-state index contributed by atoms with van der Waals surface area (Å²) in [6, 6.07) is 13.7. The molecule has 3 heterocycles. The second-order valence-corrected chi connectivity index (χ2v) is 8.42. The van der Waals surface area contributed by atoms with Gasteiger partial charge in [-0.25, -0.2) is 0 Å². The molecule has 130 valence electrons. The largest absolute Gasteiger partial charge is 0.371 e. The molecule has 0 radical (unpaired) electrons. The number of thioether (sulfide) groups is 1. The summed E-state index contributed by atoms with van der Waals surface area (Å²) in [5.41, 5.74) is 2.84. The first-order valence-corrected chi connectivity index (χ1v) is 9.64. The molecule has 5 heteroatoms. The van der Waals surface area contributed by atoms with E-state index in [1.165, 1.54) is 0 Å². The van der Waals surface area contributed by atoms with Crippen LogP contribution in [0, 0.1) is 6.92 Å². The van der Waals surface area contributed by atoms with Gasteiger partial charge >= 0.3 is 0 Å². The van der Waals surface area contributed by atoms with Crippen LogP contribution >= 0.6 is 11.8 Å². The number of pyridine rings is 1. The van der Waals surface area contributed by atoms with Gasteiger partial charge in [-0.15, -0.1) is 11.8 Å². The molecular formula is C20H22N2O2S. The van der Waals surface area contributed by atoms with Gasteiger partial charge in [0.1, 0.15) is 0 Å². The number of hydrogen-bond acceptors (Lipinski definition) is 4. The Bertz CT molecular complexity index is 759. The summed E-state index contributed by atoms with van der Waals surface area (Å²) in [6.07, 6.45) is 3.06. The molecule has 4 rings (SSSR count). The van der Waals surface area contributed by atoms with Crippen molar-refractivity contribution in [2.24, 2.45) is 0 Å². The van der Waals surface area contributed by atoms with Crippen molar-refractivity contribution < 1.29 is 9.53 Å². The number of aromatic nitrogens is 1. The molecule has 0 unspecified atom stereocenters. The molecule has 2 saturated heterocycles. The topological polar surface area (TPSA) is 42.4 Å². The van der Waals surface area contributed by atoms with Crippen LogP contribution in [0.2, 0.25) is 0 Å². The summed E-state index contributed by atoms with van der Waals surface area (Å²) in [6.45, 7) is 4.21. The number of likely N-dealkylation sites (tertiary alicyclic amines) is 1. The fourth-order valence-electron chi connectivity index (χ4n) is 3.59. The molecule has 25 heavy (non-hydrogen) atoms. The molecule has 1 atom stereocenters. The van der Waals surface area contributed by atoms with Gasteiger partial charge in [-0.1, -0.05) is 24.3 Å². The summed E-state index contributed by atoms with van der Waals surface area (Å²) >= 11 is 1.96. The van der Waals surface area contributed by atoms with E-state index in [-0.39, 0.29) is 16.8 Å². The molecule has 2 aliphatic rings. The molecule has 1 amide bonds. The number of amides is 1. The summed E-state index contributed by atoms with van der Waals surface area (Å²) in [4.78, 5) is 18.9. The highest BCUT2D eigenvalue weighted by Crippen LogP contribution is 2.46. The Hall–Kier alpha value is -1.85. The second-order valence-electron chi connectivity index (χ2n) is 6.93. The van der Waals surface area contributed by atoms with Crippen molar-refractivity contribution >= 4 is 17.7 Å². The van der Waals surface area contributed by atoms with Crippen LogP contribution in [-0.4, -0.2) is 45.5 Å². The van der Waals surface area contributed by atoms with E-state index in [4.69, 9.17) is 4.74 Å². The van der Waals surface area contributed by atoms with Crippen LogP contribution in [0.25, 0.3) is 0 Å². The van der Waals surface area contributed by atoms with E-state index in [1.807, 2.05) is 66.1 Å². The van der Waals surface area contributed by atoms with Gasteiger partial charge in [-0.3, -0.25) is 9.78 Å². The first kappa shape index (κ1) is 16.6. The fourth-order valence-corrected chi connectivity index (χ4v) is 5.14. The molecule has 2 aliphatic heterocycles. The Morgan fingerprint density at radius 1 is 1.28 bits per heavy atom. The summed E-state index contributed by atoms with van der Waals surface area (Å²) in [5.74, 6) is 1.15. The molecule has 0 N–H and O–H groups in total. The van der Waals surface area contributed by atoms with Crippen LogP contribution < -0.4 is 0 Å². The van der Waals surface area contributed by atoms with Gasteiger partial charge < -0.3 is 9.64 Å². The van der Waals surface area contributed by atoms with Crippen LogP contribution in [0.5, 0.6) is 0 Å². The lowest BCUT2D eigenvalue weighted by molar-refractivity contribution is 0.0245. The molecule has 1 spiro atoms. The highest BCUT2D eigenvalue weighted by molar-refractivity contribution is 8.01. The van der Waals surface area contributed by atoms with Crippen molar-refractivity contribution in [3.8, 4) is 0 Å². The van der Waals surface area contributed by atoms with Gasteiger partial charge in [-0.05, 0) is 37.1 Å². The molecule has 1 aromatic carbocycles. The lowest BCUT2D eigenvalue weighted by Gasteiger charge is -2.47. The molecule has 0 saturated carbocycles. The second kappa shape index (κ2) is 6.81. The fraction of sp³-hybridized carbons (Fsp3) is 0.400. The summed E-state index contributed by atoms with van der Waals surface area (Å²) < 4.78 is 6.22. The summed E-state index contributed by atoms with van der Waals surface area (Å²) in [5, 5.41) is 0. The number of ether oxygens (including phenoxy) is 1. The van der Waals surface area contributed by atoms with Gasteiger partial charge in [0.15, 0.2) is 0 Å². The quantitative estimate of drug-likeness (QED) is 0.845. The minimum Gasteiger partial charge on any atom is -0.371 e. The number of nitrogens with zero attached hydrogens (tertiary/aromatic N) is 2. The number of aryl methyl sites for hydroxylation is 1. The maximum absolute atomic E-state index is 12.7. The molecule has 0 bridgehead atoms. The average molecular weight is 354 g/mol. The van der Waals surface area contributed by atoms with Crippen molar-refractivity contribution in [3.05, 3.63) is 65.5 Å². The first-order valence-electron chi connectivity index (χ1n) is 8.66. The Morgan fingerprint density at radius 2 is 2.08 bits per heavy atom. The number of benzene rings is 1. The van der Waals surface area contributed by atoms with E-state index in [9.17, 15) is 4.79 Å². The highest BCUT2D eigenvalue weighted by atomic mass is 32.2. The van der Waals surface area contributed by atoms with Crippen molar-refractivity contribution in [3.63, 3.8) is 0 Å². The highest BCUT2D eigenvalue weighted by Gasteiger charge is 2.51. The van der Waals surface area contributed by atoms with Crippen LogP contribution in [0.4, 0.5) is 0 Å². The van der Waals surface area contributed by atoms with Crippen LogP contribution in [0.1, 0.15) is 28.0 Å². The Morgan fingerprint density at radius 3 is 2.84 bits per heavy atom. The van der Waals surface area contributed by atoms with Gasteiger partial charge in [0.25, 0.3) is 5.91 Å². The van der Waals surface area contributed by atoms with Crippen molar-refractivity contribution in [1.29, 1.82) is 0 Å². The predicted molar refractivity (Wildman–Crippen MR) is 99.7 cm³/mol. The monoisotopic (exact) mass is 354 g/mol. The lowest BCUT2D eigenvalue weighted by Crippen LogP contribution is -2.60. The van der Waals surface area contributed by atoms with Gasteiger partial charge in [0.2, 0.25) is 0 Å². The van der Waals surface area contributed by atoms with Gasteiger partial charge in [-0.2, -0.15) is 0 Å². The molecule has 0 aliphatic carbocycles. The van der Waals surface area contributed by atoms with E-state index in [1.54, 1.807) is 6.20 Å². The SMILES string of the molecule is Cc1ccccc1C(=O)N1CC2(C[C@@H](OCc3ccccn3)CS2)C1. The predicted octanol–water partition coefficient (Wildman–Crippen LogP) is 3.31. The average Bonchev–Trinajstić information content (AvgIpc) is 3.04. The van der Waals surface area contributed by atoms with Crippen molar-refractivity contribution in [1.82, 2.24) is 9.88 Å². The van der Waals surface area contributed by atoms with E-state index in [2.05, 4.69) is 4.98 Å².